The molecule has 0 bridgehead atoms. The summed E-state index contributed by atoms with van der Waals surface area (Å²) in [5.74, 6) is 0.686. The summed E-state index contributed by atoms with van der Waals surface area (Å²) >= 11 is 9.40. The number of halogens is 2. The van der Waals surface area contributed by atoms with Crippen LogP contribution in [0.1, 0.15) is 34.5 Å². The smallest absolute Gasteiger partial charge is 0.261 e. The minimum Gasteiger partial charge on any atom is -0.459 e. The maximum Gasteiger partial charge on any atom is 0.261 e. The van der Waals surface area contributed by atoms with Crippen LogP contribution in [0, 0.1) is 6.92 Å². The van der Waals surface area contributed by atoms with Crippen LogP contribution in [0.3, 0.4) is 0 Å². The van der Waals surface area contributed by atoms with E-state index in [4.69, 9.17) is 16.0 Å². The van der Waals surface area contributed by atoms with Crippen molar-refractivity contribution in [3.8, 4) is 0 Å². The van der Waals surface area contributed by atoms with Crippen molar-refractivity contribution >= 4 is 60.0 Å². The molecule has 0 saturated heterocycles. The molecule has 1 heterocycles. The number of carbonyl (C=O) groups excluding carboxylic acids is 1. The van der Waals surface area contributed by atoms with Crippen LogP contribution in [0.5, 0.6) is 0 Å². The molecule has 0 saturated carbocycles. The van der Waals surface area contributed by atoms with Gasteiger partial charge in [0.05, 0.1) is 20.6 Å². The Labute approximate surface area is 169 Å². The maximum absolute atomic E-state index is 12.7. The number of nitrogens with one attached hydrogen (secondary N) is 1. The van der Waals surface area contributed by atoms with Crippen LogP contribution >= 0.6 is 27.5 Å². The van der Waals surface area contributed by atoms with E-state index in [1.807, 2.05) is 0 Å². The Morgan fingerprint density at radius 3 is 2.70 bits per heavy atom. The minimum atomic E-state index is -3.80. The third-order valence-corrected chi connectivity index (χ3v) is 6.99. The van der Waals surface area contributed by atoms with Crippen LogP contribution in [-0.4, -0.2) is 14.2 Å². The number of benzene rings is 2. The molecule has 0 amide bonds. The van der Waals surface area contributed by atoms with Gasteiger partial charge in [-0.25, -0.2) is 8.42 Å². The summed E-state index contributed by atoms with van der Waals surface area (Å²) in [6, 6.07) is 7.79. The number of hydrogen-bond donors (Lipinski definition) is 1. The summed E-state index contributed by atoms with van der Waals surface area (Å²) in [7, 11) is -3.80. The molecule has 0 atom stereocenters. The van der Waals surface area contributed by atoms with Gasteiger partial charge in [-0.3, -0.25) is 9.52 Å². The molecule has 0 spiro atoms. The predicted octanol–water partition coefficient (Wildman–Crippen LogP) is 5.48. The molecule has 8 heteroatoms. The van der Waals surface area contributed by atoms with E-state index in [-0.39, 0.29) is 10.7 Å². The van der Waals surface area contributed by atoms with Gasteiger partial charge in [0.1, 0.15) is 11.3 Å². The van der Waals surface area contributed by atoms with Gasteiger partial charge in [0, 0.05) is 23.3 Å². The third kappa shape index (κ3) is 3.28. The fourth-order valence-corrected chi connectivity index (χ4v) is 5.06. The van der Waals surface area contributed by atoms with E-state index in [9.17, 15) is 13.2 Å². The van der Waals surface area contributed by atoms with E-state index < -0.39 is 10.0 Å². The molecule has 1 aliphatic carbocycles. The number of sulfonamides is 1. The van der Waals surface area contributed by atoms with Gasteiger partial charge >= 0.3 is 0 Å². The fraction of sp³-hybridized carbons (Fsp3) is 0.211. The molecule has 0 unspecified atom stereocenters. The summed E-state index contributed by atoms with van der Waals surface area (Å²) in [5, 5.41) is 1.12. The highest BCUT2D eigenvalue weighted by Crippen LogP contribution is 2.38. The van der Waals surface area contributed by atoms with Crippen LogP contribution in [-0.2, 0) is 16.4 Å². The van der Waals surface area contributed by atoms with Gasteiger partial charge in [-0.15, -0.1) is 0 Å². The molecule has 27 heavy (non-hydrogen) atoms. The lowest BCUT2D eigenvalue weighted by molar-refractivity contribution is 0.0971. The molecule has 3 aromatic rings. The lowest BCUT2D eigenvalue weighted by atomic mass is 9.94. The number of fused-ring (bicyclic) bond motifs is 3. The standard InChI is InChI=1S/C19H15BrClNO4S/c1-10-7-12(5-6-15(10)21)27(24,25)22-11-8-13-18-16(23)3-2-4-17(18)26-19(13)14(20)9-11/h5-9,22H,2-4H2,1H3. The summed E-state index contributed by atoms with van der Waals surface area (Å²) in [4.78, 5) is 12.4. The van der Waals surface area contributed by atoms with Crippen molar-refractivity contribution in [2.75, 3.05) is 4.72 Å². The zero-order valence-corrected chi connectivity index (χ0v) is 17.5. The van der Waals surface area contributed by atoms with Gasteiger partial charge in [0.15, 0.2) is 5.78 Å². The first-order valence-corrected chi connectivity index (χ1v) is 11.0. The van der Waals surface area contributed by atoms with Crippen molar-refractivity contribution in [2.24, 2.45) is 0 Å². The number of furan rings is 1. The molecule has 140 valence electrons. The van der Waals surface area contributed by atoms with E-state index in [2.05, 4.69) is 20.7 Å². The normalized spacial score (nSPS) is 14.4. The quantitative estimate of drug-likeness (QED) is 0.552. The second kappa shape index (κ2) is 6.65. The average Bonchev–Trinajstić information content (AvgIpc) is 2.97. The summed E-state index contributed by atoms with van der Waals surface area (Å²) in [6.45, 7) is 1.74. The van der Waals surface area contributed by atoms with Crippen LogP contribution in [0.4, 0.5) is 5.69 Å². The van der Waals surface area contributed by atoms with Gasteiger partial charge in [0.2, 0.25) is 0 Å². The SMILES string of the molecule is Cc1cc(S(=O)(=O)Nc2cc(Br)c3oc4c(c3c2)C(=O)CCC4)ccc1Cl. The molecule has 0 radical (unpaired) electrons. The molecule has 1 aromatic heterocycles. The Hall–Kier alpha value is -1.83. The number of carbonyl (C=O) groups is 1. The number of aryl methyl sites for hydroxylation is 2. The Bertz CT molecular complexity index is 1200. The maximum atomic E-state index is 12.7. The average molecular weight is 469 g/mol. The van der Waals surface area contributed by atoms with Crippen LogP contribution < -0.4 is 4.72 Å². The zero-order valence-electron chi connectivity index (χ0n) is 14.3. The second-order valence-corrected chi connectivity index (χ2v) is 9.47. The predicted molar refractivity (Wildman–Crippen MR) is 108 cm³/mol. The molecule has 2 aromatic carbocycles. The van der Waals surface area contributed by atoms with Crippen LogP contribution in [0.2, 0.25) is 5.02 Å². The van der Waals surface area contributed by atoms with E-state index in [1.165, 1.54) is 12.1 Å². The second-order valence-electron chi connectivity index (χ2n) is 6.53. The van der Waals surface area contributed by atoms with Gasteiger partial charge in [-0.05, 0) is 65.2 Å². The number of ketones is 1. The first kappa shape index (κ1) is 18.5. The number of rotatable bonds is 3. The first-order valence-electron chi connectivity index (χ1n) is 8.33. The van der Waals surface area contributed by atoms with Crippen molar-refractivity contribution in [2.45, 2.75) is 31.1 Å². The van der Waals surface area contributed by atoms with Crippen LogP contribution in [0.15, 0.2) is 44.1 Å². The highest BCUT2D eigenvalue weighted by Gasteiger charge is 2.26. The Kier molecular flexibility index (Phi) is 4.56. The van der Waals surface area contributed by atoms with E-state index >= 15 is 0 Å². The zero-order chi connectivity index (χ0) is 19.3. The molecule has 1 N–H and O–H groups in total. The molecule has 4 rings (SSSR count). The Morgan fingerprint density at radius 2 is 1.96 bits per heavy atom. The molecule has 1 aliphatic rings. The molecular formula is C19H15BrClNO4S. The van der Waals surface area contributed by atoms with Gasteiger partial charge in [0.25, 0.3) is 10.0 Å². The van der Waals surface area contributed by atoms with E-state index in [0.717, 1.165) is 6.42 Å². The largest absolute Gasteiger partial charge is 0.459 e. The van der Waals surface area contributed by atoms with Gasteiger partial charge in [-0.2, -0.15) is 0 Å². The number of Topliss-reactive ketones (excluding diaryl/α,β-unsaturated/α-hetero) is 1. The first-order chi connectivity index (χ1) is 12.8. The summed E-state index contributed by atoms with van der Waals surface area (Å²) in [5.41, 5.74) is 2.13. The van der Waals surface area contributed by atoms with Crippen molar-refractivity contribution in [1.29, 1.82) is 0 Å². The summed E-state index contributed by atoms with van der Waals surface area (Å²) < 4.78 is 34.5. The van der Waals surface area contributed by atoms with Gasteiger partial charge < -0.3 is 4.42 Å². The van der Waals surface area contributed by atoms with Crippen molar-refractivity contribution < 1.29 is 17.6 Å². The lowest BCUT2D eigenvalue weighted by Crippen LogP contribution is -2.13. The molecule has 5 nitrogen and oxygen atoms in total. The highest BCUT2D eigenvalue weighted by molar-refractivity contribution is 9.10. The molecule has 0 fully saturated rings. The van der Waals surface area contributed by atoms with E-state index in [1.54, 1.807) is 25.1 Å². The van der Waals surface area contributed by atoms with Crippen LogP contribution in [0.25, 0.3) is 11.0 Å². The number of anilines is 1. The van der Waals surface area contributed by atoms with Crippen molar-refractivity contribution in [3.63, 3.8) is 0 Å². The minimum absolute atomic E-state index is 0.0234. The molecular weight excluding hydrogens is 454 g/mol. The molecule has 0 aliphatic heterocycles. The van der Waals surface area contributed by atoms with Crippen molar-refractivity contribution in [3.05, 3.63) is 56.7 Å². The van der Waals surface area contributed by atoms with Gasteiger partial charge in [-0.1, -0.05) is 11.6 Å². The highest BCUT2D eigenvalue weighted by atomic mass is 79.9. The monoisotopic (exact) mass is 467 g/mol. The van der Waals surface area contributed by atoms with E-state index in [0.29, 0.717) is 55.9 Å². The Balaban J connectivity index is 1.79. The van der Waals surface area contributed by atoms with Crippen molar-refractivity contribution in [1.82, 2.24) is 0 Å². The fourth-order valence-electron chi connectivity index (χ4n) is 3.28. The Morgan fingerprint density at radius 1 is 1.19 bits per heavy atom. The topological polar surface area (TPSA) is 76.4 Å². The lowest BCUT2D eigenvalue weighted by Gasteiger charge is -2.11. The third-order valence-electron chi connectivity index (χ3n) is 4.60. The summed E-state index contributed by atoms with van der Waals surface area (Å²) in [6.07, 6.45) is 1.94. The number of hydrogen-bond acceptors (Lipinski definition) is 4.